The molecule has 1 aromatic rings. The molecule has 21 heavy (non-hydrogen) atoms. The van der Waals surface area contributed by atoms with E-state index in [-0.39, 0.29) is 18.0 Å². The van der Waals surface area contributed by atoms with Crippen LogP contribution in [0.2, 0.25) is 0 Å². The monoisotopic (exact) mass is 288 g/mol. The first-order valence-electron chi connectivity index (χ1n) is 7.61. The number of hydrogen-bond donors (Lipinski definition) is 1. The number of benzene rings is 1. The Labute approximate surface area is 126 Å². The number of carbonyl (C=O) groups is 1. The molecule has 0 aromatic heterocycles. The summed E-state index contributed by atoms with van der Waals surface area (Å²) in [4.78, 5) is 16.1. The van der Waals surface area contributed by atoms with Crippen molar-refractivity contribution in [3.05, 3.63) is 35.9 Å². The number of rotatable bonds is 6. The Kier molecular flexibility index (Phi) is 5.37. The highest BCUT2D eigenvalue weighted by molar-refractivity contribution is 5.88. The third-order valence-corrected chi connectivity index (χ3v) is 3.89. The minimum absolute atomic E-state index is 0.0434. The zero-order chi connectivity index (χ0) is 15.2. The molecule has 3 atom stereocenters. The van der Waals surface area contributed by atoms with E-state index in [1.54, 1.807) is 0 Å². The summed E-state index contributed by atoms with van der Waals surface area (Å²) < 4.78 is 5.76. The van der Waals surface area contributed by atoms with Gasteiger partial charge in [0.25, 0.3) is 0 Å². The molecule has 0 saturated heterocycles. The highest BCUT2D eigenvalue weighted by atomic mass is 16.5. The molecule has 1 aliphatic rings. The van der Waals surface area contributed by atoms with E-state index in [0.29, 0.717) is 18.4 Å². The topological polar surface area (TPSA) is 50.7 Å². The van der Waals surface area contributed by atoms with Crippen molar-refractivity contribution in [3.63, 3.8) is 0 Å². The Morgan fingerprint density at radius 3 is 2.76 bits per heavy atom. The predicted octanol–water partition coefficient (Wildman–Crippen LogP) is 2.58. The number of nitrogens with one attached hydrogen (secondary N) is 1. The van der Waals surface area contributed by atoms with Gasteiger partial charge in [-0.3, -0.25) is 4.79 Å². The summed E-state index contributed by atoms with van der Waals surface area (Å²) in [7, 11) is 0. The Morgan fingerprint density at radius 1 is 1.43 bits per heavy atom. The number of nitrogens with zero attached hydrogens (tertiary/aromatic N) is 1. The second-order valence-electron chi connectivity index (χ2n) is 5.69. The van der Waals surface area contributed by atoms with E-state index in [1.165, 1.54) is 12.5 Å². The molecule has 0 saturated carbocycles. The third-order valence-electron chi connectivity index (χ3n) is 3.89. The maximum Gasteiger partial charge on any atom is 0.217 e. The second-order valence-corrected chi connectivity index (χ2v) is 5.69. The van der Waals surface area contributed by atoms with Gasteiger partial charge in [-0.2, -0.15) is 0 Å². The van der Waals surface area contributed by atoms with Gasteiger partial charge in [0.2, 0.25) is 11.8 Å². The molecule has 1 unspecified atom stereocenters. The fourth-order valence-corrected chi connectivity index (χ4v) is 2.50. The van der Waals surface area contributed by atoms with Crippen LogP contribution >= 0.6 is 0 Å². The second kappa shape index (κ2) is 7.25. The lowest BCUT2D eigenvalue weighted by Gasteiger charge is -2.22. The lowest BCUT2D eigenvalue weighted by atomic mass is 9.99. The number of hydrogen-bond acceptors (Lipinski definition) is 3. The molecule has 1 aliphatic heterocycles. The Hall–Kier alpha value is -1.84. The predicted molar refractivity (Wildman–Crippen MR) is 84.4 cm³/mol. The normalized spacial score (nSPS) is 20.3. The average molecular weight is 288 g/mol. The van der Waals surface area contributed by atoms with Crippen LogP contribution < -0.4 is 5.32 Å². The van der Waals surface area contributed by atoms with Crippen LogP contribution in [0.15, 0.2) is 35.3 Å². The molecule has 2 rings (SSSR count). The highest BCUT2D eigenvalue weighted by Crippen LogP contribution is 2.18. The molecule has 1 aromatic carbocycles. The Bertz CT molecular complexity index is 499. The molecule has 1 N–H and O–H groups in total. The van der Waals surface area contributed by atoms with Crippen LogP contribution in [0, 0.1) is 5.92 Å². The van der Waals surface area contributed by atoms with Gasteiger partial charge in [-0.25, -0.2) is 4.99 Å². The fraction of sp³-hybridized carbons (Fsp3) is 0.529. The van der Waals surface area contributed by atoms with Crippen molar-refractivity contribution in [2.75, 3.05) is 6.61 Å². The maximum absolute atomic E-state index is 11.4. The first-order valence-corrected chi connectivity index (χ1v) is 7.61. The first kappa shape index (κ1) is 15.5. The van der Waals surface area contributed by atoms with Crippen molar-refractivity contribution in [1.82, 2.24) is 5.32 Å². The van der Waals surface area contributed by atoms with E-state index < -0.39 is 0 Å². The van der Waals surface area contributed by atoms with Gasteiger partial charge in [0.15, 0.2) is 0 Å². The molecular formula is C17H24N2O2. The standard InChI is InChI=1S/C17H24N2O2/c1-4-12(2)16(18-13(3)20)17-19-15(11-21-17)10-14-8-6-5-7-9-14/h5-9,12,15-16H,4,10-11H2,1-3H3,(H,18,20)/t12-,15-,16?/m0/s1. The van der Waals surface area contributed by atoms with Crippen molar-refractivity contribution in [2.24, 2.45) is 10.9 Å². The van der Waals surface area contributed by atoms with E-state index in [0.717, 1.165) is 12.8 Å². The molecule has 1 heterocycles. The van der Waals surface area contributed by atoms with Crippen molar-refractivity contribution in [2.45, 2.75) is 45.7 Å². The molecule has 0 aliphatic carbocycles. The molecule has 0 spiro atoms. The van der Waals surface area contributed by atoms with E-state index >= 15 is 0 Å². The lowest BCUT2D eigenvalue weighted by Crippen LogP contribution is -2.44. The maximum atomic E-state index is 11.4. The molecule has 4 nitrogen and oxygen atoms in total. The fourth-order valence-electron chi connectivity index (χ4n) is 2.50. The van der Waals surface area contributed by atoms with Crippen molar-refractivity contribution >= 4 is 11.8 Å². The third kappa shape index (κ3) is 4.31. The first-order chi connectivity index (χ1) is 10.1. The van der Waals surface area contributed by atoms with Crippen LogP contribution in [0.1, 0.15) is 32.8 Å². The summed E-state index contributed by atoms with van der Waals surface area (Å²) in [5.41, 5.74) is 1.26. The highest BCUT2D eigenvalue weighted by Gasteiger charge is 2.29. The van der Waals surface area contributed by atoms with Gasteiger partial charge in [-0.15, -0.1) is 0 Å². The smallest absolute Gasteiger partial charge is 0.217 e. The van der Waals surface area contributed by atoms with Crippen molar-refractivity contribution in [1.29, 1.82) is 0 Å². The number of amides is 1. The SMILES string of the molecule is CC[C@H](C)C(NC(C)=O)C1=N[C@@H](Cc2ccccc2)CO1. The largest absolute Gasteiger partial charge is 0.477 e. The van der Waals surface area contributed by atoms with E-state index in [2.05, 4.69) is 36.3 Å². The van der Waals surface area contributed by atoms with E-state index in [1.807, 2.05) is 18.2 Å². The minimum Gasteiger partial charge on any atom is -0.477 e. The zero-order valence-electron chi connectivity index (χ0n) is 13.0. The van der Waals surface area contributed by atoms with E-state index in [9.17, 15) is 4.79 Å². The average Bonchev–Trinajstić information content (AvgIpc) is 2.93. The van der Waals surface area contributed by atoms with Crippen LogP contribution in [0.4, 0.5) is 0 Å². The molecule has 4 heteroatoms. The summed E-state index contributed by atoms with van der Waals surface area (Å²) in [5, 5.41) is 2.96. The van der Waals surface area contributed by atoms with E-state index in [4.69, 9.17) is 4.74 Å². The molecule has 0 fully saturated rings. The quantitative estimate of drug-likeness (QED) is 0.874. The van der Waals surface area contributed by atoms with Crippen LogP contribution in [-0.4, -0.2) is 30.5 Å². The summed E-state index contributed by atoms with van der Waals surface area (Å²) in [5.74, 6) is 0.946. The van der Waals surface area contributed by atoms with Crippen molar-refractivity contribution < 1.29 is 9.53 Å². The van der Waals surface area contributed by atoms with Gasteiger partial charge in [-0.1, -0.05) is 50.6 Å². The van der Waals surface area contributed by atoms with Crippen LogP contribution in [0.3, 0.4) is 0 Å². The molecule has 0 radical (unpaired) electrons. The molecular weight excluding hydrogens is 264 g/mol. The number of ether oxygens (including phenoxy) is 1. The lowest BCUT2D eigenvalue weighted by molar-refractivity contribution is -0.119. The van der Waals surface area contributed by atoms with Gasteiger partial charge < -0.3 is 10.1 Å². The molecule has 114 valence electrons. The Morgan fingerprint density at radius 2 is 2.14 bits per heavy atom. The van der Waals surface area contributed by atoms with Gasteiger partial charge >= 0.3 is 0 Å². The zero-order valence-corrected chi connectivity index (χ0v) is 13.0. The van der Waals surface area contributed by atoms with Gasteiger partial charge in [-0.05, 0) is 17.9 Å². The Balaban J connectivity index is 2.05. The molecule has 0 bridgehead atoms. The minimum atomic E-state index is -0.117. The number of aliphatic imine (C=N–C) groups is 1. The summed E-state index contributed by atoms with van der Waals surface area (Å²) in [6.45, 7) is 6.34. The summed E-state index contributed by atoms with van der Waals surface area (Å²) >= 11 is 0. The summed E-state index contributed by atoms with van der Waals surface area (Å²) in [6, 6.07) is 10.3. The van der Waals surface area contributed by atoms with Gasteiger partial charge in [0.05, 0.1) is 6.04 Å². The van der Waals surface area contributed by atoms with Crippen LogP contribution in [0.5, 0.6) is 0 Å². The van der Waals surface area contributed by atoms with Crippen LogP contribution in [-0.2, 0) is 16.0 Å². The van der Waals surface area contributed by atoms with Crippen molar-refractivity contribution in [3.8, 4) is 0 Å². The number of carbonyl (C=O) groups excluding carboxylic acids is 1. The summed E-state index contributed by atoms with van der Waals surface area (Å²) in [6.07, 6.45) is 1.84. The molecule has 1 amide bonds. The van der Waals surface area contributed by atoms with Gasteiger partial charge in [0.1, 0.15) is 12.6 Å². The van der Waals surface area contributed by atoms with Crippen LogP contribution in [0.25, 0.3) is 0 Å². The van der Waals surface area contributed by atoms with Gasteiger partial charge in [0, 0.05) is 6.92 Å².